The Hall–Kier alpha value is -5.72. The number of nitriles is 3. The van der Waals surface area contributed by atoms with Gasteiger partial charge in [0.1, 0.15) is 18.2 Å². The molecule has 0 bridgehead atoms. The fourth-order valence-electron chi connectivity index (χ4n) is 8.38. The molecule has 62 heavy (non-hydrogen) atoms. The summed E-state index contributed by atoms with van der Waals surface area (Å²) < 4.78 is 33.6. The molecule has 328 valence electrons. The molecule has 9 heteroatoms. The van der Waals surface area contributed by atoms with Gasteiger partial charge in [-0.15, -0.1) is 0 Å². The predicted octanol–water partition coefficient (Wildman–Crippen LogP) is 12.8. The summed E-state index contributed by atoms with van der Waals surface area (Å²) in [6.45, 7) is 14.6. The van der Waals surface area contributed by atoms with E-state index in [-0.39, 0.29) is 44.1 Å². The number of unbranched alkanes of at least 4 members (excludes halogenated alkanes) is 3. The van der Waals surface area contributed by atoms with E-state index in [0.717, 1.165) is 57.7 Å². The number of esters is 2. The van der Waals surface area contributed by atoms with Crippen LogP contribution >= 0.6 is 0 Å². The van der Waals surface area contributed by atoms with E-state index < -0.39 is 17.4 Å². The average molecular weight is 842 g/mol. The van der Waals surface area contributed by atoms with E-state index in [9.17, 15) is 25.4 Å². The molecule has 0 aromatic heterocycles. The highest BCUT2D eigenvalue weighted by atomic mass is 19.1. The van der Waals surface area contributed by atoms with Gasteiger partial charge in [0.2, 0.25) is 0 Å². The van der Waals surface area contributed by atoms with Crippen LogP contribution in [0.1, 0.15) is 139 Å². The third-order valence-electron chi connectivity index (χ3n) is 12.1. The lowest BCUT2D eigenvalue weighted by molar-refractivity contribution is -0.143. The van der Waals surface area contributed by atoms with E-state index in [1.54, 1.807) is 13.0 Å². The van der Waals surface area contributed by atoms with Crippen molar-refractivity contribution in [1.82, 2.24) is 0 Å². The molecule has 0 amide bonds. The highest BCUT2D eigenvalue weighted by Crippen LogP contribution is 2.41. The standard InChI is InChI=1S/C53H64FN3O5/c1-7-9-10-14-39-17-19-41(20-18-39)42-21-24-47(49(54)33-42)46-23-22-44(31-40(46)8-2)48-32-45(15-11-12-27-55)50(34-43(48)16-13-30-60-51(58)37(3)4)61-35-53(25-28-56,26-29-57)36-62-52(59)38(5)6/h21-24,31-34,39,41H,3,5,7-20,25-26,30,35-36H2,1-2,4,6H3. The number of aryl methyl sites for hydroxylation is 3. The number of halogens is 1. The average Bonchev–Trinajstić information content (AvgIpc) is 3.26. The van der Waals surface area contributed by atoms with Crippen LogP contribution in [-0.4, -0.2) is 31.8 Å². The number of carbonyl (C=O) groups is 2. The second kappa shape index (κ2) is 24.7. The van der Waals surface area contributed by atoms with Crippen LogP contribution in [0.2, 0.25) is 0 Å². The van der Waals surface area contributed by atoms with Gasteiger partial charge in [-0.25, -0.2) is 14.0 Å². The minimum Gasteiger partial charge on any atom is -0.493 e. The minimum absolute atomic E-state index is 0.0861. The van der Waals surface area contributed by atoms with E-state index in [0.29, 0.717) is 61.3 Å². The van der Waals surface area contributed by atoms with Crippen LogP contribution in [0.15, 0.2) is 72.8 Å². The molecule has 0 radical (unpaired) electrons. The van der Waals surface area contributed by atoms with Gasteiger partial charge in [-0.1, -0.05) is 83.0 Å². The summed E-state index contributed by atoms with van der Waals surface area (Å²) in [7, 11) is 0. The molecule has 1 aliphatic carbocycles. The predicted molar refractivity (Wildman–Crippen MR) is 242 cm³/mol. The largest absolute Gasteiger partial charge is 0.493 e. The molecule has 0 spiro atoms. The molecule has 0 unspecified atom stereocenters. The second-order valence-electron chi connectivity index (χ2n) is 17.1. The van der Waals surface area contributed by atoms with Crippen molar-refractivity contribution in [3.05, 3.63) is 101 Å². The van der Waals surface area contributed by atoms with E-state index in [4.69, 9.17) is 14.2 Å². The Kier molecular flexibility index (Phi) is 19.5. The molecule has 4 rings (SSSR count). The Morgan fingerprint density at radius 3 is 2.05 bits per heavy atom. The summed E-state index contributed by atoms with van der Waals surface area (Å²) in [5.74, 6) is 0.404. The summed E-state index contributed by atoms with van der Waals surface area (Å²) in [5, 5.41) is 29.0. The maximum Gasteiger partial charge on any atom is 0.333 e. The highest BCUT2D eigenvalue weighted by molar-refractivity contribution is 5.87. The third-order valence-corrected chi connectivity index (χ3v) is 12.1. The summed E-state index contributed by atoms with van der Waals surface area (Å²) in [6, 6.07) is 22.4. The number of ether oxygens (including phenoxy) is 3. The molecule has 1 aliphatic rings. The Bertz CT molecular complexity index is 2150. The first-order valence-corrected chi connectivity index (χ1v) is 22.4. The van der Waals surface area contributed by atoms with Crippen molar-refractivity contribution in [2.24, 2.45) is 11.3 Å². The normalized spacial score (nSPS) is 14.8. The molecule has 1 saturated carbocycles. The van der Waals surface area contributed by atoms with Crippen LogP contribution < -0.4 is 4.74 Å². The number of carbonyl (C=O) groups excluding carboxylic acids is 2. The Morgan fingerprint density at radius 2 is 1.42 bits per heavy atom. The molecule has 1 fully saturated rings. The highest BCUT2D eigenvalue weighted by Gasteiger charge is 2.34. The second-order valence-corrected chi connectivity index (χ2v) is 17.1. The quantitative estimate of drug-likeness (QED) is 0.0494. The zero-order chi connectivity index (χ0) is 45.1. The molecule has 0 aliphatic heterocycles. The number of rotatable bonds is 24. The maximum atomic E-state index is 16.1. The Labute approximate surface area is 369 Å². The lowest BCUT2D eigenvalue weighted by Gasteiger charge is -2.29. The van der Waals surface area contributed by atoms with E-state index in [1.807, 2.05) is 24.3 Å². The van der Waals surface area contributed by atoms with Crippen molar-refractivity contribution in [2.45, 2.75) is 136 Å². The first kappa shape index (κ1) is 48.9. The van der Waals surface area contributed by atoms with Crippen LogP contribution in [0.3, 0.4) is 0 Å². The van der Waals surface area contributed by atoms with Gasteiger partial charge in [0.15, 0.2) is 0 Å². The smallest absolute Gasteiger partial charge is 0.333 e. The van der Waals surface area contributed by atoms with Crippen molar-refractivity contribution in [2.75, 3.05) is 19.8 Å². The first-order valence-electron chi connectivity index (χ1n) is 22.4. The van der Waals surface area contributed by atoms with Gasteiger partial charge in [0.25, 0.3) is 0 Å². The Balaban J connectivity index is 1.71. The zero-order valence-corrected chi connectivity index (χ0v) is 37.4. The molecule has 3 aromatic carbocycles. The van der Waals surface area contributed by atoms with Gasteiger partial charge >= 0.3 is 11.9 Å². The van der Waals surface area contributed by atoms with Crippen LogP contribution in [-0.2, 0) is 38.3 Å². The summed E-state index contributed by atoms with van der Waals surface area (Å²) in [6.07, 6.45) is 12.7. The van der Waals surface area contributed by atoms with Crippen LogP contribution in [0.5, 0.6) is 5.75 Å². The van der Waals surface area contributed by atoms with Crippen molar-refractivity contribution in [1.29, 1.82) is 15.8 Å². The number of hydrogen-bond donors (Lipinski definition) is 0. The molecule has 0 N–H and O–H groups in total. The Morgan fingerprint density at radius 1 is 0.742 bits per heavy atom. The van der Waals surface area contributed by atoms with E-state index in [2.05, 4.69) is 63.4 Å². The monoisotopic (exact) mass is 841 g/mol. The SMILES string of the molecule is C=C(C)C(=O)OCCCc1cc(OCC(CC#N)(CC#N)COC(=O)C(=C)C)c(CCCC#N)cc1-c1ccc(-c2ccc(C3CCC(CCCCC)CC3)cc2F)c(CC)c1. The third kappa shape index (κ3) is 13.9. The summed E-state index contributed by atoms with van der Waals surface area (Å²) in [5.41, 5.74) is 6.50. The molecular formula is C53H64FN3O5. The number of nitrogens with zero attached hydrogens (tertiary/aromatic N) is 3. The number of hydrogen-bond acceptors (Lipinski definition) is 8. The van der Waals surface area contributed by atoms with Crippen molar-refractivity contribution < 1.29 is 28.2 Å². The molecular weight excluding hydrogens is 778 g/mol. The molecule has 0 atom stereocenters. The van der Waals surface area contributed by atoms with Crippen molar-refractivity contribution in [3.63, 3.8) is 0 Å². The first-order chi connectivity index (χ1) is 29.9. The van der Waals surface area contributed by atoms with Crippen molar-refractivity contribution >= 4 is 11.9 Å². The lowest BCUT2D eigenvalue weighted by atomic mass is 9.77. The zero-order valence-electron chi connectivity index (χ0n) is 37.4. The van der Waals surface area contributed by atoms with Crippen LogP contribution in [0, 0.1) is 51.1 Å². The topological polar surface area (TPSA) is 133 Å². The fraction of sp³-hybridized carbons (Fsp3) is 0.491. The van der Waals surface area contributed by atoms with Gasteiger partial charge < -0.3 is 14.2 Å². The van der Waals surface area contributed by atoms with E-state index in [1.165, 1.54) is 45.4 Å². The summed E-state index contributed by atoms with van der Waals surface area (Å²) >= 11 is 0. The van der Waals surface area contributed by atoms with Gasteiger partial charge in [-0.2, -0.15) is 15.8 Å². The van der Waals surface area contributed by atoms with Crippen LogP contribution in [0.4, 0.5) is 4.39 Å². The van der Waals surface area contributed by atoms with Gasteiger partial charge in [-0.05, 0) is 141 Å². The molecule has 0 heterocycles. The van der Waals surface area contributed by atoms with Crippen LogP contribution in [0.25, 0.3) is 22.3 Å². The molecule has 0 saturated heterocycles. The van der Waals surface area contributed by atoms with Gasteiger partial charge in [0, 0.05) is 36.0 Å². The summed E-state index contributed by atoms with van der Waals surface area (Å²) in [4.78, 5) is 24.6. The lowest BCUT2D eigenvalue weighted by Crippen LogP contribution is -2.34. The van der Waals surface area contributed by atoms with Gasteiger partial charge in [-0.3, -0.25) is 0 Å². The maximum absolute atomic E-state index is 16.1. The fourth-order valence-corrected chi connectivity index (χ4v) is 8.38. The molecule has 3 aromatic rings. The van der Waals surface area contributed by atoms with E-state index >= 15 is 4.39 Å². The van der Waals surface area contributed by atoms with Gasteiger partial charge in [0.05, 0.1) is 36.8 Å². The molecule has 8 nitrogen and oxygen atoms in total. The number of benzene rings is 3. The van der Waals surface area contributed by atoms with Crippen molar-refractivity contribution in [3.8, 4) is 46.2 Å². The minimum atomic E-state index is -1.11.